The molecule has 0 bridgehead atoms. The Hall–Kier alpha value is -3.68. The number of carbonyl (C=O) groups is 4. The topological polar surface area (TPSA) is 98.8 Å². The van der Waals surface area contributed by atoms with E-state index in [9.17, 15) is 19.2 Å². The van der Waals surface area contributed by atoms with Crippen molar-refractivity contribution in [2.45, 2.75) is 45.2 Å². The quantitative estimate of drug-likeness (QED) is 0.599. The van der Waals surface area contributed by atoms with Crippen LogP contribution in [0.5, 0.6) is 0 Å². The minimum atomic E-state index is -0.729. The van der Waals surface area contributed by atoms with E-state index < -0.39 is 6.04 Å². The van der Waals surface area contributed by atoms with Crippen LogP contribution in [-0.4, -0.2) is 59.1 Å². The molecule has 1 aliphatic carbocycles. The van der Waals surface area contributed by atoms with E-state index in [0.717, 1.165) is 18.4 Å². The Morgan fingerprint density at radius 2 is 1.76 bits per heavy atom. The van der Waals surface area contributed by atoms with Gasteiger partial charge in [0, 0.05) is 23.8 Å². The summed E-state index contributed by atoms with van der Waals surface area (Å²) in [6, 6.07) is 13.9. The van der Waals surface area contributed by atoms with Crippen LogP contribution in [0.3, 0.4) is 0 Å². The molecule has 1 atom stereocenters. The van der Waals surface area contributed by atoms with Crippen LogP contribution in [0, 0.1) is 6.92 Å². The van der Waals surface area contributed by atoms with Crippen LogP contribution in [0.4, 0.5) is 5.69 Å². The largest absolute Gasteiger partial charge is 0.345 e. The number of carbonyl (C=O) groups excluding carboxylic acids is 4. The van der Waals surface area contributed by atoms with Crippen molar-refractivity contribution in [3.05, 3.63) is 65.2 Å². The zero-order valence-electron chi connectivity index (χ0n) is 19.5. The zero-order chi connectivity index (χ0) is 24.2. The minimum absolute atomic E-state index is 0.0630. The van der Waals surface area contributed by atoms with Gasteiger partial charge in [0.1, 0.15) is 6.04 Å². The lowest BCUT2D eigenvalue weighted by molar-refractivity contribution is -0.136. The molecule has 34 heavy (non-hydrogen) atoms. The first-order chi connectivity index (χ1) is 16.4. The Morgan fingerprint density at radius 1 is 1.06 bits per heavy atom. The summed E-state index contributed by atoms with van der Waals surface area (Å²) in [7, 11) is 0. The number of aryl methyl sites for hydroxylation is 1. The number of anilines is 1. The molecule has 1 heterocycles. The molecule has 1 saturated carbocycles. The molecule has 8 heteroatoms. The van der Waals surface area contributed by atoms with Crippen LogP contribution in [0.1, 0.15) is 53.7 Å². The number of hydrogen-bond acceptors (Lipinski definition) is 4. The molecule has 2 aliphatic rings. The van der Waals surface area contributed by atoms with E-state index in [1.165, 1.54) is 4.90 Å². The molecular formula is C26H30N4O4. The van der Waals surface area contributed by atoms with Crippen LogP contribution >= 0.6 is 0 Å². The van der Waals surface area contributed by atoms with Gasteiger partial charge >= 0.3 is 0 Å². The molecule has 178 valence electrons. The predicted octanol–water partition coefficient (Wildman–Crippen LogP) is 2.65. The smallest absolute Gasteiger partial charge is 0.255 e. The summed E-state index contributed by atoms with van der Waals surface area (Å²) in [5.41, 5.74) is 2.85. The van der Waals surface area contributed by atoms with Crippen molar-refractivity contribution in [2.24, 2.45) is 0 Å². The lowest BCUT2D eigenvalue weighted by Gasteiger charge is -2.26. The van der Waals surface area contributed by atoms with Gasteiger partial charge in [0.05, 0.1) is 13.1 Å². The summed E-state index contributed by atoms with van der Waals surface area (Å²) in [6.45, 7) is 3.89. The summed E-state index contributed by atoms with van der Waals surface area (Å²) in [4.78, 5) is 54.5. The molecule has 2 N–H and O–H groups in total. The standard InChI is InChI=1S/C26H30N4O4/c1-3-14-29(16-22(31)28-21-11-7-4-8-17(21)2)23(32)15-27-25(33)24-19-9-5-6-10-20(19)26(34)30(24)18-12-13-18/h4-11,18,24H,3,12-16H2,1-2H3,(H,27,33)(H,28,31). The van der Waals surface area contributed by atoms with Gasteiger partial charge in [-0.15, -0.1) is 0 Å². The maximum atomic E-state index is 13.1. The zero-order valence-corrected chi connectivity index (χ0v) is 19.5. The molecule has 2 aromatic carbocycles. The number of hydrogen-bond donors (Lipinski definition) is 2. The second-order valence-corrected chi connectivity index (χ2v) is 8.83. The summed E-state index contributed by atoms with van der Waals surface area (Å²) >= 11 is 0. The molecule has 0 spiro atoms. The number of benzene rings is 2. The van der Waals surface area contributed by atoms with E-state index in [0.29, 0.717) is 29.8 Å². The lowest BCUT2D eigenvalue weighted by atomic mass is 10.0. The second kappa shape index (κ2) is 10.1. The summed E-state index contributed by atoms with van der Waals surface area (Å²) in [6.07, 6.45) is 2.43. The molecule has 0 saturated heterocycles. The van der Waals surface area contributed by atoms with Gasteiger partial charge in [0.25, 0.3) is 5.91 Å². The van der Waals surface area contributed by atoms with Crippen molar-refractivity contribution in [3.63, 3.8) is 0 Å². The van der Waals surface area contributed by atoms with Gasteiger partial charge in [-0.2, -0.15) is 0 Å². The van der Waals surface area contributed by atoms with Gasteiger partial charge in [-0.3, -0.25) is 19.2 Å². The number of rotatable bonds is 9. The van der Waals surface area contributed by atoms with E-state index >= 15 is 0 Å². The monoisotopic (exact) mass is 462 g/mol. The Bertz CT molecular complexity index is 1110. The summed E-state index contributed by atoms with van der Waals surface area (Å²) < 4.78 is 0. The highest BCUT2D eigenvalue weighted by Gasteiger charge is 2.47. The highest BCUT2D eigenvalue weighted by Crippen LogP contribution is 2.41. The molecule has 2 aromatic rings. The Morgan fingerprint density at radius 3 is 2.47 bits per heavy atom. The maximum Gasteiger partial charge on any atom is 0.255 e. The average molecular weight is 463 g/mol. The molecule has 1 aliphatic heterocycles. The van der Waals surface area contributed by atoms with Crippen molar-refractivity contribution >= 4 is 29.3 Å². The number of nitrogens with zero attached hydrogens (tertiary/aromatic N) is 2. The highest BCUT2D eigenvalue weighted by atomic mass is 16.2. The normalized spacial score (nSPS) is 16.7. The maximum absolute atomic E-state index is 13.1. The lowest BCUT2D eigenvalue weighted by Crippen LogP contribution is -2.46. The molecule has 8 nitrogen and oxygen atoms in total. The Kier molecular flexibility index (Phi) is 6.95. The van der Waals surface area contributed by atoms with Gasteiger partial charge in [0.2, 0.25) is 17.7 Å². The Labute approximate surface area is 199 Å². The fourth-order valence-corrected chi connectivity index (χ4v) is 4.34. The first-order valence-electron chi connectivity index (χ1n) is 11.7. The average Bonchev–Trinajstić information content (AvgIpc) is 3.62. The first kappa shape index (κ1) is 23.5. The van der Waals surface area contributed by atoms with Crippen LogP contribution in [0.15, 0.2) is 48.5 Å². The first-order valence-corrected chi connectivity index (χ1v) is 11.7. The van der Waals surface area contributed by atoms with Crippen molar-refractivity contribution in [1.29, 1.82) is 0 Å². The Balaban J connectivity index is 1.39. The molecule has 4 rings (SSSR count). The van der Waals surface area contributed by atoms with Gasteiger partial charge in [-0.05, 0) is 49.4 Å². The van der Waals surface area contributed by atoms with Gasteiger partial charge in [-0.25, -0.2) is 0 Å². The summed E-state index contributed by atoms with van der Waals surface area (Å²) in [5.74, 6) is -1.15. The second-order valence-electron chi connectivity index (χ2n) is 8.83. The molecular weight excluding hydrogens is 432 g/mol. The van der Waals surface area contributed by atoms with Crippen molar-refractivity contribution in [1.82, 2.24) is 15.1 Å². The molecule has 0 aromatic heterocycles. The van der Waals surface area contributed by atoms with E-state index in [1.54, 1.807) is 23.1 Å². The van der Waals surface area contributed by atoms with E-state index in [2.05, 4.69) is 10.6 Å². The van der Waals surface area contributed by atoms with Crippen LogP contribution in [-0.2, 0) is 14.4 Å². The van der Waals surface area contributed by atoms with Gasteiger partial charge in [0.15, 0.2) is 0 Å². The molecule has 1 unspecified atom stereocenters. The number of nitrogens with one attached hydrogen (secondary N) is 2. The number of amides is 4. The van der Waals surface area contributed by atoms with Crippen LogP contribution in [0.25, 0.3) is 0 Å². The van der Waals surface area contributed by atoms with E-state index in [-0.39, 0.29) is 42.8 Å². The fourth-order valence-electron chi connectivity index (χ4n) is 4.34. The van der Waals surface area contributed by atoms with Crippen molar-refractivity contribution in [2.75, 3.05) is 25.0 Å². The van der Waals surface area contributed by atoms with Crippen LogP contribution < -0.4 is 10.6 Å². The summed E-state index contributed by atoms with van der Waals surface area (Å²) in [5, 5.41) is 5.55. The SMILES string of the molecule is CCCN(CC(=O)Nc1ccccc1C)C(=O)CNC(=O)C1c2ccccc2C(=O)N1C1CC1. The van der Waals surface area contributed by atoms with E-state index in [1.807, 2.05) is 44.2 Å². The third kappa shape index (κ3) is 4.95. The third-order valence-electron chi connectivity index (χ3n) is 6.20. The molecule has 4 amide bonds. The molecule has 1 fully saturated rings. The number of fused-ring (bicyclic) bond motifs is 1. The predicted molar refractivity (Wildman–Crippen MR) is 128 cm³/mol. The highest BCUT2D eigenvalue weighted by molar-refractivity contribution is 6.05. The van der Waals surface area contributed by atoms with Crippen molar-refractivity contribution in [3.8, 4) is 0 Å². The third-order valence-corrected chi connectivity index (χ3v) is 6.20. The number of para-hydroxylation sites is 1. The van der Waals surface area contributed by atoms with E-state index in [4.69, 9.17) is 0 Å². The molecule has 0 radical (unpaired) electrons. The van der Waals surface area contributed by atoms with Crippen molar-refractivity contribution < 1.29 is 19.2 Å². The van der Waals surface area contributed by atoms with Crippen LogP contribution in [0.2, 0.25) is 0 Å². The fraction of sp³-hybridized carbons (Fsp3) is 0.385. The minimum Gasteiger partial charge on any atom is -0.345 e. The van der Waals surface area contributed by atoms with Gasteiger partial charge < -0.3 is 20.4 Å². The van der Waals surface area contributed by atoms with Gasteiger partial charge in [-0.1, -0.05) is 43.3 Å².